The van der Waals surface area contributed by atoms with Crippen LogP contribution in [0.4, 0.5) is 0 Å². The lowest BCUT2D eigenvalue weighted by Gasteiger charge is -2.25. The molecule has 0 spiro atoms. The van der Waals surface area contributed by atoms with Gasteiger partial charge in [0.2, 0.25) is 0 Å². The van der Waals surface area contributed by atoms with E-state index in [0.717, 1.165) is 23.1 Å². The van der Waals surface area contributed by atoms with Gasteiger partial charge < -0.3 is 14.7 Å². The first-order chi connectivity index (χ1) is 16.9. The van der Waals surface area contributed by atoms with Crippen LogP contribution in [-0.4, -0.2) is 33.3 Å². The summed E-state index contributed by atoms with van der Waals surface area (Å²) in [5, 5.41) is 11.3. The van der Waals surface area contributed by atoms with Gasteiger partial charge in [0.1, 0.15) is 11.5 Å². The van der Waals surface area contributed by atoms with E-state index in [9.17, 15) is 14.7 Å². The second-order valence-corrected chi connectivity index (χ2v) is 8.98. The van der Waals surface area contributed by atoms with Crippen LogP contribution in [0.15, 0.2) is 78.6 Å². The number of ketones is 1. The highest BCUT2D eigenvalue weighted by atomic mass is 16.5. The summed E-state index contributed by atoms with van der Waals surface area (Å²) < 4.78 is 5.62. The number of ether oxygens (including phenoxy) is 1. The van der Waals surface area contributed by atoms with Crippen LogP contribution in [0.2, 0.25) is 0 Å². The molecule has 1 aliphatic heterocycles. The molecule has 1 atom stereocenters. The van der Waals surface area contributed by atoms with Gasteiger partial charge in [-0.15, -0.1) is 0 Å². The van der Waals surface area contributed by atoms with Gasteiger partial charge in [0, 0.05) is 24.5 Å². The second-order valence-electron chi connectivity index (χ2n) is 8.98. The van der Waals surface area contributed by atoms with E-state index in [0.29, 0.717) is 23.8 Å². The Morgan fingerprint density at radius 3 is 2.37 bits per heavy atom. The number of aliphatic hydroxyl groups excluding tert-OH is 1. The quantitative estimate of drug-likeness (QED) is 0.263. The van der Waals surface area contributed by atoms with Gasteiger partial charge in [-0.25, -0.2) is 0 Å². The number of carbonyl (C=O) groups is 2. The molecule has 3 aromatic rings. The molecule has 2 heterocycles. The summed E-state index contributed by atoms with van der Waals surface area (Å²) in [6.45, 7) is 7.04. The van der Waals surface area contributed by atoms with E-state index in [-0.39, 0.29) is 17.9 Å². The van der Waals surface area contributed by atoms with Crippen molar-refractivity contribution in [3.8, 4) is 5.75 Å². The van der Waals surface area contributed by atoms with Crippen LogP contribution in [0.25, 0.3) is 5.76 Å². The molecular formula is C29H30N2O4. The van der Waals surface area contributed by atoms with E-state index >= 15 is 0 Å². The molecule has 1 aromatic heterocycles. The van der Waals surface area contributed by atoms with Crippen molar-refractivity contribution in [3.63, 3.8) is 0 Å². The maximum atomic E-state index is 13.2. The average Bonchev–Trinajstić information content (AvgIpc) is 3.13. The third-order valence-electron chi connectivity index (χ3n) is 6.14. The summed E-state index contributed by atoms with van der Waals surface area (Å²) in [4.78, 5) is 32.1. The van der Waals surface area contributed by atoms with E-state index < -0.39 is 17.7 Å². The summed E-state index contributed by atoms with van der Waals surface area (Å²) in [6.07, 6.45) is 4.22. The van der Waals surface area contributed by atoms with Crippen LogP contribution in [0.1, 0.15) is 61.4 Å². The molecule has 180 valence electrons. The Bertz CT molecular complexity index is 1220. The van der Waals surface area contributed by atoms with Crippen molar-refractivity contribution in [2.45, 2.75) is 45.7 Å². The van der Waals surface area contributed by atoms with Crippen molar-refractivity contribution in [2.75, 3.05) is 6.61 Å². The van der Waals surface area contributed by atoms with Gasteiger partial charge in [0.25, 0.3) is 11.7 Å². The van der Waals surface area contributed by atoms with Crippen molar-refractivity contribution in [1.82, 2.24) is 9.88 Å². The molecule has 0 radical (unpaired) electrons. The zero-order valence-electron chi connectivity index (χ0n) is 20.3. The molecule has 1 aliphatic rings. The Hall–Kier alpha value is -3.93. The number of aliphatic hydroxyl groups is 1. The summed E-state index contributed by atoms with van der Waals surface area (Å²) in [5.74, 6) is -0.510. The third-order valence-corrected chi connectivity index (χ3v) is 6.14. The van der Waals surface area contributed by atoms with E-state index in [4.69, 9.17) is 4.74 Å². The van der Waals surface area contributed by atoms with Gasteiger partial charge in [-0.1, -0.05) is 51.1 Å². The fraction of sp³-hybridized carbons (Fsp3) is 0.276. The molecule has 4 rings (SSSR count). The number of pyridine rings is 1. The lowest BCUT2D eigenvalue weighted by molar-refractivity contribution is -0.140. The number of Topliss-reactive ketones (excluding diaryl/α,β-unsaturated/α-hetero) is 1. The van der Waals surface area contributed by atoms with Gasteiger partial charge in [0.05, 0.1) is 18.2 Å². The topological polar surface area (TPSA) is 79.7 Å². The summed E-state index contributed by atoms with van der Waals surface area (Å²) >= 11 is 0. The largest absolute Gasteiger partial charge is 0.507 e. The van der Waals surface area contributed by atoms with Crippen LogP contribution in [0, 0.1) is 0 Å². The van der Waals surface area contributed by atoms with Crippen LogP contribution in [0.3, 0.4) is 0 Å². The molecule has 6 heteroatoms. The number of benzene rings is 2. The van der Waals surface area contributed by atoms with Gasteiger partial charge in [-0.3, -0.25) is 14.6 Å². The Labute approximate surface area is 205 Å². The number of hydrogen-bond donors (Lipinski definition) is 1. The second kappa shape index (κ2) is 10.6. The smallest absolute Gasteiger partial charge is 0.295 e. The Morgan fingerprint density at radius 2 is 1.77 bits per heavy atom. The van der Waals surface area contributed by atoms with Crippen molar-refractivity contribution >= 4 is 17.4 Å². The number of carbonyl (C=O) groups excluding carboxylic acids is 2. The highest BCUT2D eigenvalue weighted by Crippen LogP contribution is 2.40. The van der Waals surface area contributed by atoms with Crippen LogP contribution < -0.4 is 4.74 Å². The number of nitrogens with zero attached hydrogens (tertiary/aromatic N) is 2. The van der Waals surface area contributed by atoms with E-state index in [2.05, 4.69) is 18.8 Å². The molecule has 1 saturated heterocycles. The minimum atomic E-state index is -0.715. The Kier molecular flexibility index (Phi) is 7.30. The number of aromatic nitrogens is 1. The molecule has 1 N–H and O–H groups in total. The Balaban J connectivity index is 1.78. The predicted molar refractivity (Wildman–Crippen MR) is 135 cm³/mol. The zero-order valence-corrected chi connectivity index (χ0v) is 20.3. The first-order valence-electron chi connectivity index (χ1n) is 11.9. The lowest BCUT2D eigenvalue weighted by Crippen LogP contribution is -2.29. The number of hydrogen-bond acceptors (Lipinski definition) is 5. The minimum absolute atomic E-state index is 0.0819. The molecule has 0 aliphatic carbocycles. The highest BCUT2D eigenvalue weighted by Gasteiger charge is 2.46. The molecule has 35 heavy (non-hydrogen) atoms. The van der Waals surface area contributed by atoms with Crippen molar-refractivity contribution in [2.24, 2.45) is 0 Å². The van der Waals surface area contributed by atoms with Crippen molar-refractivity contribution in [1.29, 1.82) is 0 Å². The van der Waals surface area contributed by atoms with Crippen LogP contribution >= 0.6 is 0 Å². The zero-order chi connectivity index (χ0) is 24.9. The number of likely N-dealkylation sites (tertiary alicyclic amines) is 1. The summed E-state index contributed by atoms with van der Waals surface area (Å²) in [7, 11) is 0. The van der Waals surface area contributed by atoms with Crippen molar-refractivity contribution in [3.05, 3.63) is 101 Å². The van der Waals surface area contributed by atoms with Gasteiger partial charge in [0.15, 0.2) is 0 Å². The highest BCUT2D eigenvalue weighted by molar-refractivity contribution is 6.46. The third kappa shape index (κ3) is 5.11. The fourth-order valence-corrected chi connectivity index (χ4v) is 4.23. The SMILES string of the molecule is CCCOc1ccc(/C(O)=C2/C(=O)C(=O)N(Cc3cccnc3)C2c2ccc(C(C)C)cc2)cc1. The lowest BCUT2D eigenvalue weighted by atomic mass is 9.93. The summed E-state index contributed by atoms with van der Waals surface area (Å²) in [5.41, 5.74) is 3.26. The summed E-state index contributed by atoms with van der Waals surface area (Å²) in [6, 6.07) is 17.7. The monoisotopic (exact) mass is 470 g/mol. The molecule has 1 unspecified atom stereocenters. The first kappa shape index (κ1) is 24.2. The molecule has 1 amide bonds. The fourth-order valence-electron chi connectivity index (χ4n) is 4.23. The normalized spacial score (nSPS) is 17.3. The van der Waals surface area contributed by atoms with E-state index in [1.165, 1.54) is 4.90 Å². The standard InChI is InChI=1S/C29H30N2O4/c1-4-16-35-24-13-11-23(12-14-24)27(32)25-26(22-9-7-21(8-10-22)19(2)3)31(29(34)28(25)33)18-20-6-5-15-30-17-20/h5-15,17,19,26,32H,4,16,18H2,1-3H3/b27-25-. The average molecular weight is 471 g/mol. The van der Waals surface area contributed by atoms with E-state index in [1.54, 1.807) is 42.7 Å². The van der Waals surface area contributed by atoms with Gasteiger partial charge in [-0.05, 0) is 59.4 Å². The van der Waals surface area contributed by atoms with E-state index in [1.807, 2.05) is 37.3 Å². The van der Waals surface area contributed by atoms with Crippen LogP contribution in [-0.2, 0) is 16.1 Å². The van der Waals surface area contributed by atoms with Crippen LogP contribution in [0.5, 0.6) is 5.75 Å². The first-order valence-corrected chi connectivity index (χ1v) is 11.9. The predicted octanol–water partition coefficient (Wildman–Crippen LogP) is 5.62. The molecular weight excluding hydrogens is 440 g/mol. The maximum Gasteiger partial charge on any atom is 0.295 e. The van der Waals surface area contributed by atoms with Gasteiger partial charge >= 0.3 is 0 Å². The molecule has 0 saturated carbocycles. The molecule has 6 nitrogen and oxygen atoms in total. The molecule has 0 bridgehead atoms. The van der Waals surface area contributed by atoms with Crippen molar-refractivity contribution < 1.29 is 19.4 Å². The number of amides is 1. The Morgan fingerprint density at radius 1 is 1.06 bits per heavy atom. The molecule has 1 fully saturated rings. The maximum absolute atomic E-state index is 13.2. The minimum Gasteiger partial charge on any atom is -0.507 e. The molecule has 2 aromatic carbocycles. The van der Waals surface area contributed by atoms with Gasteiger partial charge in [-0.2, -0.15) is 0 Å². The number of rotatable bonds is 8.